The molecule has 1 aromatic heterocycles. The Bertz CT molecular complexity index is 414. The Morgan fingerprint density at radius 1 is 1.32 bits per heavy atom. The molecule has 6 heteroatoms. The van der Waals surface area contributed by atoms with E-state index >= 15 is 0 Å². The van der Waals surface area contributed by atoms with E-state index in [2.05, 4.69) is 10.3 Å². The van der Waals surface area contributed by atoms with E-state index in [1.54, 1.807) is 25.1 Å². The van der Waals surface area contributed by atoms with E-state index in [1.165, 1.54) is 0 Å². The molecule has 1 saturated heterocycles. The van der Waals surface area contributed by atoms with Gasteiger partial charge in [-0.2, -0.15) is 13.2 Å². The van der Waals surface area contributed by atoms with Crippen LogP contribution in [0.15, 0.2) is 18.2 Å². The van der Waals surface area contributed by atoms with Crippen molar-refractivity contribution in [3.63, 3.8) is 0 Å². The molecule has 1 atom stereocenters. The molecule has 0 spiro atoms. The molecule has 0 aromatic carbocycles. The molecule has 3 nitrogen and oxygen atoms in total. The molecule has 19 heavy (non-hydrogen) atoms. The van der Waals surface area contributed by atoms with Gasteiger partial charge in [0.2, 0.25) is 0 Å². The third kappa shape index (κ3) is 4.18. The molecule has 0 aliphatic carbocycles. The summed E-state index contributed by atoms with van der Waals surface area (Å²) in [6, 6.07) is 4.57. The van der Waals surface area contributed by atoms with E-state index in [-0.39, 0.29) is 0 Å². The van der Waals surface area contributed by atoms with Gasteiger partial charge in [0.25, 0.3) is 0 Å². The molecule has 0 unspecified atom stereocenters. The Hall–Kier alpha value is -1.14. The van der Waals surface area contributed by atoms with E-state index in [4.69, 9.17) is 0 Å². The molecular formula is C13H18F3N3. The minimum absolute atomic E-state index is 0.513. The monoisotopic (exact) mass is 273 g/mol. The van der Waals surface area contributed by atoms with Crippen molar-refractivity contribution in [2.45, 2.75) is 25.6 Å². The summed E-state index contributed by atoms with van der Waals surface area (Å²) in [6.07, 6.45) is -5.02. The maximum atomic E-state index is 12.8. The van der Waals surface area contributed by atoms with E-state index in [9.17, 15) is 13.2 Å². The summed E-state index contributed by atoms with van der Waals surface area (Å²) in [5.74, 6) is 0. The summed E-state index contributed by atoms with van der Waals surface area (Å²) in [4.78, 5) is 6.14. The second kappa shape index (κ2) is 5.88. The van der Waals surface area contributed by atoms with Crippen LogP contribution in [0.1, 0.15) is 23.9 Å². The third-order valence-corrected chi connectivity index (χ3v) is 3.27. The highest BCUT2D eigenvalue weighted by Gasteiger charge is 2.36. The van der Waals surface area contributed by atoms with Crippen LogP contribution >= 0.6 is 0 Å². The first-order valence-electron chi connectivity index (χ1n) is 6.41. The summed E-state index contributed by atoms with van der Waals surface area (Å²) < 4.78 is 38.3. The standard InChI is InChI=1S/C13H18F3N3/c1-10-3-2-4-11(18-10)12(9-13(14,15)16)19-7-5-17-6-8-19/h2-4,12,17H,5-9H2,1H3/t12-/m1/s1. The summed E-state index contributed by atoms with van der Waals surface area (Å²) in [6.45, 7) is 4.49. The molecule has 2 rings (SSSR count). The van der Waals surface area contributed by atoms with Gasteiger partial charge in [-0.15, -0.1) is 0 Å². The normalized spacial score (nSPS) is 19.4. The smallest absolute Gasteiger partial charge is 0.314 e. The van der Waals surface area contributed by atoms with Crippen LogP contribution in [0.3, 0.4) is 0 Å². The number of rotatable bonds is 3. The lowest BCUT2D eigenvalue weighted by atomic mass is 10.1. The number of alkyl halides is 3. The van der Waals surface area contributed by atoms with E-state index in [1.807, 2.05) is 4.90 Å². The van der Waals surface area contributed by atoms with Crippen LogP contribution in [-0.4, -0.2) is 42.2 Å². The van der Waals surface area contributed by atoms with Gasteiger partial charge < -0.3 is 5.32 Å². The van der Waals surface area contributed by atoms with Gasteiger partial charge in [0.15, 0.2) is 0 Å². The van der Waals surface area contributed by atoms with Crippen molar-refractivity contribution in [2.24, 2.45) is 0 Å². The minimum atomic E-state index is -4.18. The van der Waals surface area contributed by atoms with Gasteiger partial charge in [0, 0.05) is 31.9 Å². The molecule has 0 bridgehead atoms. The second-order valence-electron chi connectivity index (χ2n) is 4.82. The number of pyridine rings is 1. The Balaban J connectivity index is 2.22. The van der Waals surface area contributed by atoms with Gasteiger partial charge in [-0.05, 0) is 19.1 Å². The number of aryl methyl sites for hydroxylation is 1. The predicted octanol–water partition coefficient (Wildman–Crippen LogP) is 2.29. The molecule has 2 heterocycles. The van der Waals surface area contributed by atoms with Crippen molar-refractivity contribution in [1.82, 2.24) is 15.2 Å². The van der Waals surface area contributed by atoms with Crippen LogP contribution in [-0.2, 0) is 0 Å². The van der Waals surface area contributed by atoms with Gasteiger partial charge in [-0.3, -0.25) is 9.88 Å². The Morgan fingerprint density at radius 2 is 2.00 bits per heavy atom. The molecule has 1 aliphatic rings. The highest BCUT2D eigenvalue weighted by atomic mass is 19.4. The first-order valence-corrected chi connectivity index (χ1v) is 6.41. The quantitative estimate of drug-likeness (QED) is 0.916. The van der Waals surface area contributed by atoms with Crippen molar-refractivity contribution in [1.29, 1.82) is 0 Å². The van der Waals surface area contributed by atoms with Gasteiger partial charge in [0.1, 0.15) is 0 Å². The fourth-order valence-electron chi connectivity index (χ4n) is 2.38. The Labute approximate surface area is 110 Å². The number of piperazine rings is 1. The number of hydrogen-bond acceptors (Lipinski definition) is 3. The zero-order valence-electron chi connectivity index (χ0n) is 10.9. The predicted molar refractivity (Wildman–Crippen MR) is 66.8 cm³/mol. The zero-order chi connectivity index (χ0) is 13.9. The van der Waals surface area contributed by atoms with Crippen LogP contribution < -0.4 is 5.32 Å². The molecule has 0 amide bonds. The van der Waals surface area contributed by atoms with Crippen LogP contribution in [0.4, 0.5) is 13.2 Å². The largest absolute Gasteiger partial charge is 0.391 e. The molecule has 0 saturated carbocycles. The van der Waals surface area contributed by atoms with E-state index in [0.717, 1.165) is 18.8 Å². The third-order valence-electron chi connectivity index (χ3n) is 3.27. The molecule has 106 valence electrons. The van der Waals surface area contributed by atoms with Gasteiger partial charge in [0.05, 0.1) is 18.2 Å². The van der Waals surface area contributed by atoms with Crippen molar-refractivity contribution in [2.75, 3.05) is 26.2 Å². The summed E-state index contributed by atoms with van der Waals surface area (Å²) in [7, 11) is 0. The first-order chi connectivity index (χ1) is 8.96. The number of hydrogen-bond donors (Lipinski definition) is 1. The van der Waals surface area contributed by atoms with E-state index in [0.29, 0.717) is 18.8 Å². The molecule has 1 fully saturated rings. The lowest BCUT2D eigenvalue weighted by Crippen LogP contribution is -2.46. The zero-order valence-corrected chi connectivity index (χ0v) is 10.9. The second-order valence-corrected chi connectivity index (χ2v) is 4.82. The van der Waals surface area contributed by atoms with Crippen molar-refractivity contribution < 1.29 is 13.2 Å². The lowest BCUT2D eigenvalue weighted by molar-refractivity contribution is -0.149. The fourth-order valence-corrected chi connectivity index (χ4v) is 2.38. The maximum Gasteiger partial charge on any atom is 0.391 e. The number of halogens is 3. The van der Waals surface area contributed by atoms with Crippen LogP contribution in [0, 0.1) is 6.92 Å². The van der Waals surface area contributed by atoms with Gasteiger partial charge in [-0.25, -0.2) is 0 Å². The average Bonchev–Trinajstić information content (AvgIpc) is 2.36. The first kappa shape index (κ1) is 14.3. The highest BCUT2D eigenvalue weighted by Crippen LogP contribution is 2.33. The van der Waals surface area contributed by atoms with Gasteiger partial charge >= 0.3 is 6.18 Å². The molecule has 1 N–H and O–H groups in total. The Kier molecular flexibility index (Phi) is 4.42. The number of nitrogens with zero attached hydrogens (tertiary/aromatic N) is 2. The lowest BCUT2D eigenvalue weighted by Gasteiger charge is -2.35. The number of nitrogens with one attached hydrogen (secondary N) is 1. The topological polar surface area (TPSA) is 28.2 Å². The van der Waals surface area contributed by atoms with Gasteiger partial charge in [-0.1, -0.05) is 6.07 Å². The molecule has 1 aromatic rings. The summed E-state index contributed by atoms with van der Waals surface area (Å²) in [5.41, 5.74) is 1.26. The average molecular weight is 273 g/mol. The molecular weight excluding hydrogens is 255 g/mol. The van der Waals surface area contributed by atoms with Crippen molar-refractivity contribution in [3.05, 3.63) is 29.6 Å². The highest BCUT2D eigenvalue weighted by molar-refractivity contribution is 5.14. The maximum absolute atomic E-state index is 12.8. The summed E-state index contributed by atoms with van der Waals surface area (Å²) in [5, 5.41) is 3.15. The summed E-state index contributed by atoms with van der Waals surface area (Å²) >= 11 is 0. The van der Waals surface area contributed by atoms with Crippen LogP contribution in [0.25, 0.3) is 0 Å². The van der Waals surface area contributed by atoms with Crippen LogP contribution in [0.2, 0.25) is 0 Å². The fraction of sp³-hybridized carbons (Fsp3) is 0.615. The molecule has 1 aliphatic heterocycles. The van der Waals surface area contributed by atoms with E-state index < -0.39 is 18.6 Å². The van der Waals surface area contributed by atoms with Crippen molar-refractivity contribution in [3.8, 4) is 0 Å². The van der Waals surface area contributed by atoms with Crippen molar-refractivity contribution >= 4 is 0 Å². The minimum Gasteiger partial charge on any atom is -0.314 e. The number of aromatic nitrogens is 1. The molecule has 0 radical (unpaired) electrons. The SMILES string of the molecule is Cc1cccc([C@@H](CC(F)(F)F)N2CCNCC2)n1. The Morgan fingerprint density at radius 3 is 2.58 bits per heavy atom. The van der Waals surface area contributed by atoms with Crippen LogP contribution in [0.5, 0.6) is 0 Å².